The van der Waals surface area contributed by atoms with Crippen LogP contribution < -0.4 is 5.73 Å². The number of aromatic hydroxyl groups is 1. The second-order valence-corrected chi connectivity index (χ2v) is 3.07. The second-order valence-electron chi connectivity index (χ2n) is 3.07. The van der Waals surface area contributed by atoms with Crippen LogP contribution in [0, 0.1) is 5.82 Å². The molecule has 1 aromatic carbocycles. The number of hydrogen-bond donors (Lipinski definition) is 3. The molecule has 0 aliphatic rings. The maximum atomic E-state index is 12.9. The van der Waals surface area contributed by atoms with E-state index < -0.39 is 35.7 Å². The van der Waals surface area contributed by atoms with Crippen LogP contribution in [0.3, 0.4) is 0 Å². The minimum absolute atomic E-state index is 0.436. The molecule has 0 spiro atoms. The summed E-state index contributed by atoms with van der Waals surface area (Å²) in [5, 5.41) is 17.5. The smallest absolute Gasteiger partial charge is 0.289 e. The van der Waals surface area contributed by atoms with E-state index in [1.807, 2.05) is 0 Å². The van der Waals surface area contributed by atoms with Crippen molar-refractivity contribution in [1.29, 1.82) is 0 Å². The highest BCUT2D eigenvalue weighted by Crippen LogP contribution is 2.34. The van der Waals surface area contributed by atoms with Gasteiger partial charge >= 0.3 is 0 Å². The van der Waals surface area contributed by atoms with Gasteiger partial charge in [-0.15, -0.1) is 0 Å². The van der Waals surface area contributed by atoms with Gasteiger partial charge < -0.3 is 15.9 Å². The van der Waals surface area contributed by atoms with Crippen molar-refractivity contribution in [3.63, 3.8) is 0 Å². The van der Waals surface area contributed by atoms with Crippen LogP contribution in [0.2, 0.25) is 0 Å². The molecule has 0 saturated carbocycles. The molecule has 0 aromatic heterocycles. The number of aliphatic hydroxyl groups is 1. The quantitative estimate of drug-likeness (QED) is 0.717. The fourth-order valence-corrected chi connectivity index (χ4v) is 1.11. The van der Waals surface area contributed by atoms with Crippen LogP contribution in [-0.4, -0.2) is 22.7 Å². The molecule has 6 heteroatoms. The van der Waals surface area contributed by atoms with Crippen molar-refractivity contribution in [2.24, 2.45) is 5.73 Å². The first-order chi connectivity index (χ1) is 6.90. The van der Waals surface area contributed by atoms with Crippen molar-refractivity contribution in [2.45, 2.75) is 12.0 Å². The van der Waals surface area contributed by atoms with Crippen LogP contribution in [0.15, 0.2) is 18.2 Å². The fourth-order valence-electron chi connectivity index (χ4n) is 1.11. The predicted molar refractivity (Wildman–Crippen MR) is 47.0 cm³/mol. The van der Waals surface area contributed by atoms with Gasteiger partial charge in [0.25, 0.3) is 5.92 Å². The third-order valence-electron chi connectivity index (χ3n) is 2.02. The van der Waals surface area contributed by atoms with Gasteiger partial charge in [0.05, 0.1) is 0 Å². The topological polar surface area (TPSA) is 66.5 Å². The zero-order valence-corrected chi connectivity index (χ0v) is 7.62. The fraction of sp³-hybridized carbons (Fsp3) is 0.333. The highest BCUT2D eigenvalue weighted by atomic mass is 19.3. The molecule has 1 rings (SSSR count). The molecular formula is C9H10F3NO2. The van der Waals surface area contributed by atoms with Gasteiger partial charge in [-0.25, -0.2) is 13.2 Å². The Kier molecular flexibility index (Phi) is 3.21. The number of para-hydroxylation sites is 1. The predicted octanol–water partition coefficient (Wildman–Crippen LogP) is 1.16. The molecular weight excluding hydrogens is 211 g/mol. The van der Waals surface area contributed by atoms with E-state index in [-0.39, 0.29) is 0 Å². The van der Waals surface area contributed by atoms with Crippen molar-refractivity contribution in [3.05, 3.63) is 29.6 Å². The van der Waals surface area contributed by atoms with E-state index in [1.54, 1.807) is 0 Å². The maximum Gasteiger partial charge on any atom is 0.289 e. The molecule has 1 aromatic rings. The lowest BCUT2D eigenvalue weighted by molar-refractivity contribution is -0.0716. The molecule has 4 N–H and O–H groups in total. The normalized spacial score (nSPS) is 13.9. The first-order valence-corrected chi connectivity index (χ1v) is 4.12. The van der Waals surface area contributed by atoms with Gasteiger partial charge in [0, 0.05) is 5.56 Å². The van der Waals surface area contributed by atoms with Gasteiger partial charge in [-0.1, -0.05) is 12.1 Å². The minimum atomic E-state index is -3.61. The van der Waals surface area contributed by atoms with Crippen LogP contribution in [0.25, 0.3) is 0 Å². The number of hydrogen-bond acceptors (Lipinski definition) is 3. The van der Waals surface area contributed by atoms with Gasteiger partial charge in [0.15, 0.2) is 11.6 Å². The van der Waals surface area contributed by atoms with Gasteiger partial charge in [0.2, 0.25) is 0 Å². The van der Waals surface area contributed by atoms with E-state index >= 15 is 0 Å². The van der Waals surface area contributed by atoms with Crippen molar-refractivity contribution in [3.8, 4) is 5.75 Å². The zero-order chi connectivity index (χ0) is 11.6. The Morgan fingerprint density at radius 1 is 1.40 bits per heavy atom. The van der Waals surface area contributed by atoms with Crippen LogP contribution in [0.5, 0.6) is 5.75 Å². The molecule has 0 radical (unpaired) electrons. The molecule has 0 heterocycles. The average molecular weight is 221 g/mol. The third-order valence-corrected chi connectivity index (χ3v) is 2.02. The number of phenols is 1. The summed E-state index contributed by atoms with van der Waals surface area (Å²) < 4.78 is 38.7. The van der Waals surface area contributed by atoms with Crippen LogP contribution >= 0.6 is 0 Å². The molecule has 3 nitrogen and oxygen atoms in total. The minimum Gasteiger partial charge on any atom is -0.505 e. The molecule has 1 atom stereocenters. The summed E-state index contributed by atoms with van der Waals surface area (Å²) in [6.45, 7) is -1.47. The van der Waals surface area contributed by atoms with Crippen molar-refractivity contribution >= 4 is 0 Å². The standard InChI is InChI=1S/C9H10F3NO2/c10-6-3-1-2-5(7(6)15)8(13)9(11,12)4-14/h1-3,8,14-15H,4,13H2/t8-/m0/s1. The molecule has 0 aliphatic carbocycles. The van der Waals surface area contributed by atoms with Crippen LogP contribution in [0.4, 0.5) is 13.2 Å². The summed E-state index contributed by atoms with van der Waals surface area (Å²) in [5.41, 5.74) is 4.68. The molecule has 0 fully saturated rings. The summed E-state index contributed by atoms with van der Waals surface area (Å²) in [4.78, 5) is 0. The van der Waals surface area contributed by atoms with Crippen molar-refractivity contribution in [2.75, 3.05) is 6.61 Å². The van der Waals surface area contributed by atoms with Crippen LogP contribution in [-0.2, 0) is 0 Å². The molecule has 84 valence electrons. The van der Waals surface area contributed by atoms with E-state index in [1.165, 1.54) is 0 Å². The van der Waals surface area contributed by atoms with Crippen molar-refractivity contribution < 1.29 is 23.4 Å². The Labute approximate surface area is 84.0 Å². The molecule has 15 heavy (non-hydrogen) atoms. The molecule has 0 unspecified atom stereocenters. The van der Waals surface area contributed by atoms with Gasteiger partial charge in [-0.2, -0.15) is 0 Å². The second kappa shape index (κ2) is 4.08. The number of aliphatic hydroxyl groups excluding tert-OH is 1. The number of alkyl halides is 2. The highest BCUT2D eigenvalue weighted by Gasteiger charge is 2.39. The maximum absolute atomic E-state index is 12.9. The van der Waals surface area contributed by atoms with E-state index in [0.717, 1.165) is 18.2 Å². The summed E-state index contributed by atoms with van der Waals surface area (Å²) in [6, 6.07) is 1.20. The van der Waals surface area contributed by atoms with E-state index in [2.05, 4.69) is 0 Å². The Bertz CT molecular complexity index is 357. The molecule has 0 aliphatic heterocycles. The lowest BCUT2D eigenvalue weighted by Gasteiger charge is -2.22. The Morgan fingerprint density at radius 2 is 2.00 bits per heavy atom. The van der Waals surface area contributed by atoms with Gasteiger partial charge in [-0.05, 0) is 6.07 Å². The number of phenolic OH excluding ortho intramolecular Hbond substituents is 1. The Balaban J connectivity index is 3.12. The largest absolute Gasteiger partial charge is 0.505 e. The number of halogens is 3. The van der Waals surface area contributed by atoms with E-state index in [0.29, 0.717) is 0 Å². The van der Waals surface area contributed by atoms with Crippen molar-refractivity contribution in [1.82, 2.24) is 0 Å². The Hall–Kier alpha value is -1.27. The van der Waals surface area contributed by atoms with Crippen LogP contribution in [0.1, 0.15) is 11.6 Å². The number of benzene rings is 1. The molecule has 0 saturated heterocycles. The summed E-state index contributed by atoms with van der Waals surface area (Å²) in [7, 11) is 0. The summed E-state index contributed by atoms with van der Waals surface area (Å²) >= 11 is 0. The lowest BCUT2D eigenvalue weighted by atomic mass is 10.0. The first-order valence-electron chi connectivity index (χ1n) is 4.12. The lowest BCUT2D eigenvalue weighted by Crippen LogP contribution is -2.36. The summed E-state index contributed by atoms with van der Waals surface area (Å²) in [5.74, 6) is -5.56. The third kappa shape index (κ3) is 2.21. The van der Waals surface area contributed by atoms with Gasteiger partial charge in [0.1, 0.15) is 12.6 Å². The number of nitrogens with two attached hydrogens (primary N) is 1. The monoisotopic (exact) mass is 221 g/mol. The van der Waals surface area contributed by atoms with Gasteiger partial charge in [-0.3, -0.25) is 0 Å². The highest BCUT2D eigenvalue weighted by molar-refractivity contribution is 5.36. The van der Waals surface area contributed by atoms with E-state index in [9.17, 15) is 13.2 Å². The Morgan fingerprint density at radius 3 is 2.53 bits per heavy atom. The number of rotatable bonds is 3. The first kappa shape index (κ1) is 11.8. The van der Waals surface area contributed by atoms with E-state index in [4.69, 9.17) is 15.9 Å². The molecule has 0 bridgehead atoms. The SMILES string of the molecule is N[C@@H](c1cccc(F)c1O)C(F)(F)CO. The zero-order valence-electron chi connectivity index (χ0n) is 7.62. The average Bonchev–Trinajstić information content (AvgIpc) is 2.21. The summed E-state index contributed by atoms with van der Waals surface area (Å²) in [6.07, 6.45) is 0. The molecule has 0 amide bonds.